The SMILES string of the molecule is CCN=C1NS(=O)(=O)c2cccc(F)c21. The molecule has 0 aromatic heterocycles. The topological polar surface area (TPSA) is 58.5 Å². The molecule has 0 bridgehead atoms. The molecule has 1 aliphatic rings. The van der Waals surface area contributed by atoms with Crippen LogP contribution in [0.3, 0.4) is 0 Å². The molecule has 0 unspecified atom stereocenters. The molecule has 0 saturated heterocycles. The number of amidine groups is 1. The van der Waals surface area contributed by atoms with Crippen LogP contribution in [-0.2, 0) is 10.0 Å². The molecule has 6 heteroatoms. The number of hydrogen-bond donors (Lipinski definition) is 1. The second-order valence-corrected chi connectivity index (χ2v) is 4.69. The van der Waals surface area contributed by atoms with Gasteiger partial charge in [0, 0.05) is 6.54 Å². The van der Waals surface area contributed by atoms with Crippen LogP contribution in [0.25, 0.3) is 0 Å². The second kappa shape index (κ2) is 3.30. The van der Waals surface area contributed by atoms with Crippen molar-refractivity contribution in [2.75, 3.05) is 6.54 Å². The first-order valence-electron chi connectivity index (χ1n) is 4.42. The zero-order valence-electron chi connectivity index (χ0n) is 7.99. The van der Waals surface area contributed by atoms with Crippen LogP contribution in [0.2, 0.25) is 0 Å². The average molecular weight is 228 g/mol. The second-order valence-electron chi connectivity index (χ2n) is 3.04. The van der Waals surface area contributed by atoms with Gasteiger partial charge in [0.15, 0.2) is 0 Å². The van der Waals surface area contributed by atoms with Gasteiger partial charge in [0.25, 0.3) is 10.0 Å². The molecule has 1 N–H and O–H groups in total. The van der Waals surface area contributed by atoms with E-state index in [0.717, 1.165) is 0 Å². The molecule has 0 amide bonds. The fourth-order valence-corrected chi connectivity index (χ4v) is 2.71. The number of sulfonamides is 1. The summed E-state index contributed by atoms with van der Waals surface area (Å²) in [5.74, 6) is -0.487. The quantitative estimate of drug-likeness (QED) is 0.775. The van der Waals surface area contributed by atoms with Gasteiger partial charge in [-0.15, -0.1) is 0 Å². The van der Waals surface area contributed by atoms with Crippen molar-refractivity contribution in [1.29, 1.82) is 0 Å². The lowest BCUT2D eigenvalue weighted by Gasteiger charge is -1.97. The molecule has 0 saturated carbocycles. The maximum atomic E-state index is 13.4. The fraction of sp³-hybridized carbons (Fsp3) is 0.222. The summed E-state index contributed by atoms with van der Waals surface area (Å²) in [6.45, 7) is 2.14. The molecule has 15 heavy (non-hydrogen) atoms. The molecule has 2 rings (SSSR count). The molecule has 1 aromatic carbocycles. The molecule has 0 spiro atoms. The van der Waals surface area contributed by atoms with Crippen molar-refractivity contribution < 1.29 is 12.8 Å². The Morgan fingerprint density at radius 1 is 1.47 bits per heavy atom. The Hall–Kier alpha value is -1.43. The standard InChI is InChI=1S/C9H9FN2O2S/c1-2-11-9-8-6(10)4-3-5-7(8)15(13,14)12-9/h3-5H,2H2,1H3,(H,11,12). The Balaban J connectivity index is 2.75. The third-order valence-corrected chi connectivity index (χ3v) is 3.43. The number of nitrogens with one attached hydrogen (secondary N) is 1. The highest BCUT2D eigenvalue weighted by Gasteiger charge is 2.32. The Morgan fingerprint density at radius 2 is 2.20 bits per heavy atom. The van der Waals surface area contributed by atoms with Crippen LogP contribution in [0, 0.1) is 5.82 Å². The van der Waals surface area contributed by atoms with Crippen LogP contribution in [0.15, 0.2) is 28.1 Å². The Bertz CT molecular complexity index is 537. The van der Waals surface area contributed by atoms with E-state index >= 15 is 0 Å². The first-order valence-corrected chi connectivity index (χ1v) is 5.90. The van der Waals surface area contributed by atoms with Gasteiger partial charge in [-0.1, -0.05) is 6.07 Å². The van der Waals surface area contributed by atoms with Crippen LogP contribution < -0.4 is 4.72 Å². The number of rotatable bonds is 1. The Kier molecular flexibility index (Phi) is 2.22. The van der Waals surface area contributed by atoms with E-state index in [9.17, 15) is 12.8 Å². The fourth-order valence-electron chi connectivity index (χ4n) is 1.46. The van der Waals surface area contributed by atoms with Gasteiger partial charge >= 0.3 is 0 Å². The first-order chi connectivity index (χ1) is 7.06. The molecule has 1 aromatic rings. The molecule has 1 heterocycles. The first kappa shape index (κ1) is 10.1. The highest BCUT2D eigenvalue weighted by Crippen LogP contribution is 2.24. The van der Waals surface area contributed by atoms with Gasteiger partial charge in [0.1, 0.15) is 16.5 Å². The minimum Gasteiger partial charge on any atom is -0.267 e. The predicted molar refractivity (Wildman–Crippen MR) is 53.8 cm³/mol. The highest BCUT2D eigenvalue weighted by molar-refractivity contribution is 7.90. The lowest BCUT2D eigenvalue weighted by atomic mass is 10.2. The zero-order valence-corrected chi connectivity index (χ0v) is 8.81. The van der Waals surface area contributed by atoms with Crippen LogP contribution in [0.5, 0.6) is 0 Å². The lowest BCUT2D eigenvalue weighted by molar-refractivity contribution is 0.592. The van der Waals surface area contributed by atoms with Crippen molar-refractivity contribution in [1.82, 2.24) is 4.72 Å². The van der Waals surface area contributed by atoms with Gasteiger partial charge in [-0.3, -0.25) is 9.71 Å². The third-order valence-electron chi connectivity index (χ3n) is 2.05. The van der Waals surface area contributed by atoms with Crippen molar-refractivity contribution in [3.05, 3.63) is 29.6 Å². The maximum Gasteiger partial charge on any atom is 0.263 e. The summed E-state index contributed by atoms with van der Waals surface area (Å²) in [6, 6.07) is 3.94. The van der Waals surface area contributed by atoms with Gasteiger partial charge in [-0.05, 0) is 19.1 Å². The summed E-state index contributed by atoms with van der Waals surface area (Å²) >= 11 is 0. The molecular weight excluding hydrogens is 219 g/mol. The summed E-state index contributed by atoms with van der Waals surface area (Å²) in [5.41, 5.74) is 0.0411. The summed E-state index contributed by atoms with van der Waals surface area (Å²) in [5, 5.41) is 0. The van der Waals surface area contributed by atoms with Gasteiger partial charge in [-0.2, -0.15) is 0 Å². The monoisotopic (exact) mass is 228 g/mol. The van der Waals surface area contributed by atoms with Crippen LogP contribution >= 0.6 is 0 Å². The number of halogens is 1. The van der Waals surface area contributed by atoms with Crippen LogP contribution in [-0.4, -0.2) is 20.8 Å². The number of hydrogen-bond acceptors (Lipinski definition) is 3. The summed E-state index contributed by atoms with van der Waals surface area (Å²) < 4.78 is 38.7. The van der Waals surface area contributed by atoms with Crippen molar-refractivity contribution in [3.8, 4) is 0 Å². The normalized spacial score (nSPS) is 20.0. The third kappa shape index (κ3) is 1.50. The van der Waals surface area contributed by atoms with Crippen molar-refractivity contribution in [2.24, 2.45) is 4.99 Å². The van der Waals surface area contributed by atoms with Gasteiger partial charge in [-0.25, -0.2) is 12.8 Å². The van der Waals surface area contributed by atoms with E-state index in [1.165, 1.54) is 18.2 Å². The minimum absolute atomic E-state index is 0.0411. The number of benzene rings is 1. The Labute approximate surface area is 86.9 Å². The van der Waals surface area contributed by atoms with Crippen molar-refractivity contribution in [2.45, 2.75) is 11.8 Å². The molecule has 0 aliphatic carbocycles. The molecule has 0 atom stereocenters. The van der Waals surface area contributed by atoms with Gasteiger partial charge in [0.2, 0.25) is 0 Å². The lowest BCUT2D eigenvalue weighted by Crippen LogP contribution is -2.22. The summed E-state index contributed by atoms with van der Waals surface area (Å²) in [6.07, 6.45) is 0. The number of nitrogens with zero attached hydrogens (tertiary/aromatic N) is 1. The largest absolute Gasteiger partial charge is 0.267 e. The van der Waals surface area contributed by atoms with E-state index in [1.54, 1.807) is 6.92 Å². The predicted octanol–water partition coefficient (Wildman–Crippen LogP) is 0.884. The minimum atomic E-state index is -3.62. The smallest absolute Gasteiger partial charge is 0.263 e. The van der Waals surface area contributed by atoms with Crippen LogP contribution in [0.1, 0.15) is 12.5 Å². The molecule has 1 aliphatic heterocycles. The maximum absolute atomic E-state index is 13.4. The zero-order chi connectivity index (χ0) is 11.1. The molecule has 0 radical (unpaired) electrons. The van der Waals surface area contributed by atoms with Gasteiger partial charge in [0.05, 0.1) is 5.56 Å². The molecule has 4 nitrogen and oxygen atoms in total. The summed E-state index contributed by atoms with van der Waals surface area (Å²) in [4.78, 5) is 3.86. The molecule has 0 fully saturated rings. The van der Waals surface area contributed by atoms with Gasteiger partial charge < -0.3 is 0 Å². The molecular formula is C9H9FN2O2S. The summed E-state index contributed by atoms with van der Waals surface area (Å²) in [7, 11) is -3.62. The number of aliphatic imine (C=N–C) groups is 1. The van der Waals surface area contributed by atoms with E-state index in [0.29, 0.717) is 6.54 Å². The van der Waals surface area contributed by atoms with Crippen molar-refractivity contribution >= 4 is 15.9 Å². The average Bonchev–Trinajstić information content (AvgIpc) is 2.41. The molecule has 80 valence electrons. The van der Waals surface area contributed by atoms with E-state index in [4.69, 9.17) is 0 Å². The van der Waals surface area contributed by atoms with E-state index in [-0.39, 0.29) is 16.3 Å². The number of fused-ring (bicyclic) bond motifs is 1. The van der Waals surface area contributed by atoms with Crippen molar-refractivity contribution in [3.63, 3.8) is 0 Å². The van der Waals surface area contributed by atoms with Crippen LogP contribution in [0.4, 0.5) is 4.39 Å². The van der Waals surface area contributed by atoms with E-state index in [2.05, 4.69) is 9.71 Å². The van der Waals surface area contributed by atoms with E-state index in [1.807, 2.05) is 0 Å². The Morgan fingerprint density at radius 3 is 2.87 bits per heavy atom. The highest BCUT2D eigenvalue weighted by atomic mass is 32.2. The van der Waals surface area contributed by atoms with E-state index < -0.39 is 15.8 Å².